The highest BCUT2D eigenvalue weighted by atomic mass is 35.7. The van der Waals surface area contributed by atoms with E-state index in [9.17, 15) is 0 Å². The molecule has 21 heavy (non-hydrogen) atoms. The third-order valence-corrected chi connectivity index (χ3v) is 21.7. The molecule has 0 N–H and O–H groups in total. The molecule has 0 spiro atoms. The van der Waals surface area contributed by atoms with Crippen molar-refractivity contribution < 1.29 is 0 Å². The van der Waals surface area contributed by atoms with Crippen LogP contribution in [0.4, 0.5) is 0 Å². The molecule has 0 radical (unpaired) electrons. The molecule has 1 unspecified atom stereocenters. The Balaban J connectivity index is 3.25. The monoisotopic (exact) mass is 359 g/mol. The van der Waals surface area contributed by atoms with Crippen molar-refractivity contribution in [1.82, 2.24) is 4.90 Å². The van der Waals surface area contributed by atoms with Gasteiger partial charge < -0.3 is 4.90 Å². The van der Waals surface area contributed by atoms with Gasteiger partial charge in [0.25, 0.3) is 0 Å². The van der Waals surface area contributed by atoms with Gasteiger partial charge in [-0.2, -0.15) is 0 Å². The number of hydrogen-bond donors (Lipinski definition) is 0. The van der Waals surface area contributed by atoms with Gasteiger partial charge in [0.2, 0.25) is 0 Å². The van der Waals surface area contributed by atoms with Crippen molar-refractivity contribution in [3.63, 3.8) is 0 Å². The summed E-state index contributed by atoms with van der Waals surface area (Å²) in [6, 6.07) is 8.81. The first kappa shape index (κ1) is 19.4. The maximum atomic E-state index is 7.15. The lowest BCUT2D eigenvalue weighted by molar-refractivity contribution is 0.403. The second-order valence-corrected chi connectivity index (χ2v) is 23.2. The summed E-state index contributed by atoms with van der Waals surface area (Å²) in [5.74, 6) is 0. The summed E-state index contributed by atoms with van der Waals surface area (Å²) >= 11 is 7.15. The summed E-state index contributed by atoms with van der Waals surface area (Å²) in [4.78, 5) is 2.97. The summed E-state index contributed by atoms with van der Waals surface area (Å²) in [6.07, 6.45) is 0. The van der Waals surface area contributed by atoms with Gasteiger partial charge in [-0.05, 0) is 29.9 Å². The Labute approximate surface area is 139 Å². The molecule has 0 aliphatic carbocycles. The number of nitrogens with zero attached hydrogens (tertiary/aromatic N) is 1. The van der Waals surface area contributed by atoms with Gasteiger partial charge in [-0.25, -0.2) is 0 Å². The minimum Gasteiger partial charge on any atom is -0.305 e. The van der Waals surface area contributed by atoms with E-state index in [2.05, 4.69) is 82.5 Å². The third kappa shape index (κ3) is 5.47. The Morgan fingerprint density at radius 3 is 1.90 bits per heavy atom. The molecule has 1 rings (SSSR count). The van der Waals surface area contributed by atoms with E-state index in [0.29, 0.717) is 0 Å². The van der Waals surface area contributed by atoms with E-state index in [0.717, 1.165) is 11.5 Å². The molecule has 5 heteroatoms. The predicted octanol–water partition coefficient (Wildman–Crippen LogP) is 5.13. The van der Waals surface area contributed by atoms with E-state index in [1.54, 1.807) is 0 Å². The van der Waals surface area contributed by atoms with Gasteiger partial charge in [0.15, 0.2) is 0 Å². The molecule has 1 aromatic carbocycles. The van der Waals surface area contributed by atoms with Crippen LogP contribution >= 0.6 is 18.5 Å². The second-order valence-electron chi connectivity index (χ2n) is 8.31. The van der Waals surface area contributed by atoms with E-state index in [-0.39, 0.29) is 0 Å². The Hall–Kier alpha value is 0.334. The van der Waals surface area contributed by atoms with Crippen LogP contribution in [0.2, 0.25) is 39.3 Å². The lowest BCUT2D eigenvalue weighted by Gasteiger charge is -2.41. The number of halogens is 1. The molecule has 1 atom stereocenters. The topological polar surface area (TPSA) is 3.24 Å². The average molecular weight is 360 g/mol. The lowest BCUT2D eigenvalue weighted by Crippen LogP contribution is -2.53. The summed E-state index contributed by atoms with van der Waals surface area (Å²) in [6.45, 7) is 15.9. The van der Waals surface area contributed by atoms with Crippen LogP contribution in [0.25, 0.3) is 0 Å². The Morgan fingerprint density at radius 1 is 1.00 bits per heavy atom. The van der Waals surface area contributed by atoms with Crippen LogP contribution in [-0.4, -0.2) is 40.0 Å². The van der Waals surface area contributed by atoms with Crippen LogP contribution in [0.5, 0.6) is 0 Å². The molecular formula is C16H31ClNPSi2. The van der Waals surface area contributed by atoms with Crippen LogP contribution in [0.3, 0.4) is 0 Å². The maximum Gasteiger partial charge on any atom is 0.0510 e. The van der Waals surface area contributed by atoms with Crippen molar-refractivity contribution in [2.24, 2.45) is 0 Å². The SMILES string of the molecule is CN(C)Cc1ccccc1P(Cl)C([Si](C)(C)C)[Si](C)(C)C. The fraction of sp³-hybridized carbons (Fsp3) is 0.625. The summed E-state index contributed by atoms with van der Waals surface area (Å²) in [5, 5.41) is 1.41. The van der Waals surface area contributed by atoms with E-state index < -0.39 is 23.4 Å². The molecule has 0 saturated carbocycles. The summed E-state index contributed by atoms with van der Waals surface area (Å²) < 4.78 is 0. The normalized spacial score (nSPS) is 14.8. The van der Waals surface area contributed by atoms with Crippen LogP contribution in [0.1, 0.15) is 5.56 Å². The predicted molar refractivity (Wildman–Crippen MR) is 107 cm³/mol. The standard InChI is InChI=1S/C16H31ClNPSi2/c1-18(2)13-14-11-9-10-12-15(14)19(17)16(20(3,4)5)21(6,7)8/h9-12,16H,13H2,1-8H3. The summed E-state index contributed by atoms with van der Waals surface area (Å²) in [5.41, 5.74) is 1.41. The van der Waals surface area contributed by atoms with Crippen molar-refractivity contribution in [3.8, 4) is 0 Å². The molecule has 0 heterocycles. The molecule has 120 valence electrons. The van der Waals surface area contributed by atoms with Crippen molar-refractivity contribution >= 4 is 40.0 Å². The minimum atomic E-state index is -1.29. The molecular weight excluding hydrogens is 329 g/mol. The molecule has 1 nitrogen and oxygen atoms in total. The van der Waals surface area contributed by atoms with Crippen LogP contribution in [-0.2, 0) is 6.54 Å². The van der Waals surface area contributed by atoms with Gasteiger partial charge in [-0.1, -0.05) is 74.8 Å². The first-order chi connectivity index (χ1) is 9.44. The fourth-order valence-electron chi connectivity index (χ4n) is 3.31. The van der Waals surface area contributed by atoms with Crippen LogP contribution < -0.4 is 5.30 Å². The smallest absolute Gasteiger partial charge is 0.0510 e. The van der Waals surface area contributed by atoms with Crippen molar-refractivity contribution in [2.45, 2.75) is 50.7 Å². The third-order valence-electron chi connectivity index (χ3n) is 3.58. The Kier molecular flexibility index (Phi) is 6.71. The van der Waals surface area contributed by atoms with Crippen molar-refractivity contribution in [3.05, 3.63) is 29.8 Å². The second kappa shape index (κ2) is 7.27. The quantitative estimate of drug-likeness (QED) is 0.502. The van der Waals surface area contributed by atoms with E-state index in [4.69, 9.17) is 11.2 Å². The number of rotatable bonds is 6. The fourth-order valence-corrected chi connectivity index (χ4v) is 26.7. The first-order valence-corrected chi connectivity index (χ1v) is 17.1. The lowest BCUT2D eigenvalue weighted by atomic mass is 10.2. The zero-order chi connectivity index (χ0) is 16.4. The molecule has 0 aromatic heterocycles. The molecule has 0 aliphatic heterocycles. The van der Waals surface area contributed by atoms with Gasteiger partial charge in [0.05, 0.1) is 16.1 Å². The number of hydrogen-bond acceptors (Lipinski definition) is 1. The highest BCUT2D eigenvalue weighted by molar-refractivity contribution is 7.94. The zero-order valence-electron chi connectivity index (χ0n) is 14.9. The van der Waals surface area contributed by atoms with Gasteiger partial charge in [-0.15, -0.1) is 0 Å². The van der Waals surface area contributed by atoms with Gasteiger partial charge in [0, 0.05) is 13.8 Å². The zero-order valence-corrected chi connectivity index (χ0v) is 18.5. The molecule has 0 saturated heterocycles. The maximum absolute atomic E-state index is 7.15. The molecule has 1 aromatic rings. The highest BCUT2D eigenvalue weighted by Crippen LogP contribution is 2.53. The molecule has 0 aliphatic rings. The molecule has 0 bridgehead atoms. The number of benzene rings is 1. The average Bonchev–Trinajstić information content (AvgIpc) is 2.24. The molecule has 0 amide bonds. The largest absolute Gasteiger partial charge is 0.305 e. The minimum absolute atomic E-state index is 0.598. The van der Waals surface area contributed by atoms with Gasteiger partial charge in [-0.3, -0.25) is 0 Å². The first-order valence-electron chi connectivity index (χ1n) is 7.62. The molecule has 0 fully saturated rings. The van der Waals surface area contributed by atoms with Crippen LogP contribution in [0.15, 0.2) is 24.3 Å². The van der Waals surface area contributed by atoms with Gasteiger partial charge in [0.1, 0.15) is 0 Å². The highest BCUT2D eigenvalue weighted by Gasteiger charge is 2.43. The van der Waals surface area contributed by atoms with E-state index in [1.165, 1.54) is 10.9 Å². The van der Waals surface area contributed by atoms with Gasteiger partial charge >= 0.3 is 0 Å². The van der Waals surface area contributed by atoms with Crippen molar-refractivity contribution in [1.29, 1.82) is 0 Å². The Bertz CT molecular complexity index is 452. The van der Waals surface area contributed by atoms with E-state index in [1.807, 2.05) is 0 Å². The Morgan fingerprint density at radius 2 is 1.48 bits per heavy atom. The summed E-state index contributed by atoms with van der Waals surface area (Å²) in [7, 11) is 1.08. The van der Waals surface area contributed by atoms with E-state index >= 15 is 0 Å². The van der Waals surface area contributed by atoms with Crippen LogP contribution in [0, 0.1) is 0 Å². The van der Waals surface area contributed by atoms with Crippen molar-refractivity contribution in [2.75, 3.05) is 14.1 Å².